The fraction of sp³-hybridized carbons (Fsp3) is 0.231. The number of phenols is 1. The van der Waals surface area contributed by atoms with Crippen molar-refractivity contribution >= 4 is 27.3 Å². The number of aliphatic hydroxyl groups is 1. The van der Waals surface area contributed by atoms with Crippen molar-refractivity contribution in [3.8, 4) is 11.8 Å². The van der Waals surface area contributed by atoms with Crippen molar-refractivity contribution in [3.05, 3.63) is 99.6 Å². The molecule has 3 aromatic carbocycles. The Morgan fingerprint density at radius 2 is 1.74 bits per heavy atom. The molecule has 0 aliphatic carbocycles. The molecule has 7 nitrogen and oxygen atoms in total. The molecule has 12 heteroatoms. The summed E-state index contributed by atoms with van der Waals surface area (Å²) in [7, 11) is -4.30. The number of nitriles is 1. The molecule has 0 radical (unpaired) electrons. The van der Waals surface area contributed by atoms with Crippen LogP contribution >= 0.6 is 11.6 Å². The van der Waals surface area contributed by atoms with Gasteiger partial charge in [-0.2, -0.15) is 18.4 Å². The maximum atomic E-state index is 13.6. The van der Waals surface area contributed by atoms with Crippen LogP contribution in [0.3, 0.4) is 0 Å². The van der Waals surface area contributed by atoms with Gasteiger partial charge in [0.2, 0.25) is 0 Å². The van der Waals surface area contributed by atoms with Gasteiger partial charge in [-0.3, -0.25) is 4.79 Å². The third kappa shape index (κ3) is 5.93. The Balaban J connectivity index is 2.24. The predicted molar refractivity (Wildman–Crippen MR) is 134 cm³/mol. The van der Waals surface area contributed by atoms with Crippen LogP contribution in [-0.4, -0.2) is 36.8 Å². The van der Waals surface area contributed by atoms with Gasteiger partial charge in [-0.1, -0.05) is 48.9 Å². The first-order chi connectivity index (χ1) is 17.7. The van der Waals surface area contributed by atoms with Gasteiger partial charge in [0, 0.05) is 5.75 Å². The Hall–Kier alpha value is -3.59. The number of para-hydroxylation sites is 1. The molecule has 0 bridgehead atoms. The lowest BCUT2D eigenvalue weighted by Crippen LogP contribution is -2.48. The number of hydrogen-bond donors (Lipinski definition) is 3. The number of nitrogens with one attached hydrogen (secondary N) is 1. The zero-order chi connectivity index (χ0) is 28.3. The second-order valence-corrected chi connectivity index (χ2v) is 11.2. The number of hydrogen-bond acceptors (Lipinski definition) is 6. The maximum Gasteiger partial charge on any atom is 0.416 e. The Morgan fingerprint density at radius 1 is 1.08 bits per heavy atom. The monoisotopic (exact) mass is 566 g/mol. The fourth-order valence-electron chi connectivity index (χ4n) is 4.02. The zero-order valence-corrected chi connectivity index (χ0v) is 21.4. The van der Waals surface area contributed by atoms with Crippen LogP contribution in [0.1, 0.15) is 44.8 Å². The summed E-state index contributed by atoms with van der Waals surface area (Å²) < 4.78 is 67.4. The van der Waals surface area contributed by atoms with E-state index in [0.717, 1.165) is 24.3 Å². The van der Waals surface area contributed by atoms with E-state index in [-0.39, 0.29) is 21.7 Å². The first-order valence-corrected chi connectivity index (χ1v) is 13.2. The summed E-state index contributed by atoms with van der Waals surface area (Å²) >= 11 is 6.13. The van der Waals surface area contributed by atoms with Crippen molar-refractivity contribution in [2.75, 3.05) is 12.3 Å². The zero-order valence-electron chi connectivity index (χ0n) is 19.8. The van der Waals surface area contributed by atoms with E-state index in [1.165, 1.54) is 43.3 Å². The summed E-state index contributed by atoms with van der Waals surface area (Å²) in [6, 6.07) is 14.3. The number of alkyl halides is 3. The number of nitrogens with zero attached hydrogens (tertiary/aromatic N) is 1. The number of rotatable bonds is 8. The van der Waals surface area contributed by atoms with E-state index in [1.807, 2.05) is 6.07 Å². The lowest BCUT2D eigenvalue weighted by atomic mass is 9.85. The van der Waals surface area contributed by atoms with E-state index in [1.54, 1.807) is 0 Å². The van der Waals surface area contributed by atoms with Gasteiger partial charge in [-0.05, 0) is 47.5 Å². The molecule has 2 unspecified atom stereocenters. The van der Waals surface area contributed by atoms with Crippen LogP contribution in [0.2, 0.25) is 5.02 Å². The molecule has 38 heavy (non-hydrogen) atoms. The molecule has 200 valence electrons. The number of aromatic hydroxyl groups is 1. The third-order valence-corrected chi connectivity index (χ3v) is 8.47. The van der Waals surface area contributed by atoms with Gasteiger partial charge in [0.15, 0.2) is 9.84 Å². The number of halogens is 4. The molecule has 0 aliphatic heterocycles. The normalized spacial score (nSPS) is 14.2. The minimum atomic E-state index is -4.81. The summed E-state index contributed by atoms with van der Waals surface area (Å²) in [6.07, 6.45) is -4.81. The van der Waals surface area contributed by atoms with Crippen LogP contribution in [0.5, 0.6) is 5.75 Å². The average molecular weight is 567 g/mol. The smallest absolute Gasteiger partial charge is 0.416 e. The lowest BCUT2D eigenvalue weighted by Gasteiger charge is -2.37. The van der Waals surface area contributed by atoms with Crippen molar-refractivity contribution < 1.29 is 36.6 Å². The van der Waals surface area contributed by atoms with Crippen LogP contribution in [-0.2, 0) is 21.6 Å². The molecule has 0 saturated carbocycles. The summed E-state index contributed by atoms with van der Waals surface area (Å²) in [5, 5.41) is 31.5. The third-order valence-electron chi connectivity index (χ3n) is 5.97. The number of sulfone groups is 1. The predicted octanol–water partition coefficient (Wildman–Crippen LogP) is 4.73. The molecule has 0 spiro atoms. The van der Waals surface area contributed by atoms with Gasteiger partial charge >= 0.3 is 6.18 Å². The van der Waals surface area contributed by atoms with Crippen molar-refractivity contribution in [1.29, 1.82) is 5.26 Å². The molecule has 0 aromatic heterocycles. The quantitative estimate of drug-likeness (QED) is 0.362. The summed E-state index contributed by atoms with van der Waals surface area (Å²) in [5.74, 6) is -1.83. The highest BCUT2D eigenvalue weighted by molar-refractivity contribution is 7.91. The SMILES string of the molecule is CCS(=O)(=O)C(c1ccc(C#N)c(Cl)c1)C(O)(CNC(=O)c1ccccc1O)c1cccc(C(F)(F)F)c1. The van der Waals surface area contributed by atoms with Gasteiger partial charge in [-0.25, -0.2) is 8.42 Å². The molecule has 3 N–H and O–H groups in total. The largest absolute Gasteiger partial charge is 0.507 e. The van der Waals surface area contributed by atoms with E-state index in [4.69, 9.17) is 11.6 Å². The van der Waals surface area contributed by atoms with Gasteiger partial charge < -0.3 is 15.5 Å². The fourth-order valence-corrected chi connectivity index (χ4v) is 5.96. The first kappa shape index (κ1) is 29.0. The van der Waals surface area contributed by atoms with E-state index in [0.29, 0.717) is 6.07 Å². The molecular weight excluding hydrogens is 545 g/mol. The summed E-state index contributed by atoms with van der Waals surface area (Å²) in [6.45, 7) is 0.434. The van der Waals surface area contributed by atoms with Crippen LogP contribution in [0.15, 0.2) is 66.7 Å². The standard InChI is InChI=1S/C26H22ClF3N2O5S/c1-2-38(36,37)23(16-10-11-17(14-31)21(27)12-16)25(35,18-6-5-7-19(13-18)26(28,29)30)15-32-24(34)20-8-3-4-9-22(20)33/h3-13,23,33,35H,2,15H2,1H3,(H,32,34). The Bertz CT molecular complexity index is 1510. The van der Waals surface area contributed by atoms with E-state index >= 15 is 0 Å². The lowest BCUT2D eigenvalue weighted by molar-refractivity contribution is -0.137. The molecule has 0 saturated heterocycles. The van der Waals surface area contributed by atoms with Crippen molar-refractivity contribution in [2.24, 2.45) is 0 Å². The topological polar surface area (TPSA) is 127 Å². The van der Waals surface area contributed by atoms with Gasteiger partial charge in [0.1, 0.15) is 22.7 Å². The average Bonchev–Trinajstić information content (AvgIpc) is 2.87. The highest BCUT2D eigenvalue weighted by atomic mass is 35.5. The molecule has 0 fully saturated rings. The minimum Gasteiger partial charge on any atom is -0.507 e. The van der Waals surface area contributed by atoms with Gasteiger partial charge in [0.05, 0.1) is 28.3 Å². The highest BCUT2D eigenvalue weighted by Crippen LogP contribution is 2.43. The first-order valence-electron chi connectivity index (χ1n) is 11.1. The van der Waals surface area contributed by atoms with Gasteiger partial charge in [-0.15, -0.1) is 0 Å². The Kier molecular flexibility index (Phi) is 8.41. The number of carbonyl (C=O) groups is 1. The van der Waals surface area contributed by atoms with E-state index in [2.05, 4.69) is 5.32 Å². The molecule has 0 aliphatic rings. The number of amides is 1. The molecule has 1 amide bonds. The maximum absolute atomic E-state index is 13.6. The molecule has 3 aromatic rings. The van der Waals surface area contributed by atoms with Crippen molar-refractivity contribution in [2.45, 2.75) is 24.0 Å². The second-order valence-electron chi connectivity index (χ2n) is 8.39. The second kappa shape index (κ2) is 11.0. The summed E-state index contributed by atoms with van der Waals surface area (Å²) in [5.41, 5.74) is -4.52. The van der Waals surface area contributed by atoms with Crippen LogP contribution in [0.4, 0.5) is 13.2 Å². The molecule has 0 heterocycles. The minimum absolute atomic E-state index is 0.0125. The Morgan fingerprint density at radius 3 is 2.32 bits per heavy atom. The Labute approximate surface area is 222 Å². The van der Waals surface area contributed by atoms with E-state index in [9.17, 15) is 41.9 Å². The molecule has 2 atom stereocenters. The van der Waals surface area contributed by atoms with Crippen LogP contribution in [0, 0.1) is 11.3 Å². The van der Waals surface area contributed by atoms with Crippen molar-refractivity contribution in [1.82, 2.24) is 5.32 Å². The number of benzene rings is 3. The molecule has 3 rings (SSSR count). The van der Waals surface area contributed by atoms with Gasteiger partial charge in [0.25, 0.3) is 5.91 Å². The van der Waals surface area contributed by atoms with Crippen LogP contribution in [0.25, 0.3) is 0 Å². The number of phenolic OH excluding ortho intramolecular Hbond substituents is 1. The highest BCUT2D eigenvalue weighted by Gasteiger charge is 2.48. The van der Waals surface area contributed by atoms with E-state index < -0.39 is 61.9 Å². The molecular formula is C26H22ClF3N2O5S. The van der Waals surface area contributed by atoms with Crippen molar-refractivity contribution in [3.63, 3.8) is 0 Å². The number of carbonyl (C=O) groups excluding carboxylic acids is 1. The van der Waals surface area contributed by atoms with Crippen LogP contribution < -0.4 is 5.32 Å². The summed E-state index contributed by atoms with van der Waals surface area (Å²) in [4.78, 5) is 12.8.